The molecule has 0 aromatic heterocycles. The van der Waals surface area contributed by atoms with Crippen molar-refractivity contribution in [2.75, 3.05) is 13.2 Å². The van der Waals surface area contributed by atoms with Gasteiger partial charge in [-0.1, -0.05) is 321 Å². The van der Waals surface area contributed by atoms with Crippen molar-refractivity contribution in [3.63, 3.8) is 0 Å². The fourth-order valence-electron chi connectivity index (χ4n) is 10.4. The monoisotopic (exact) mass is 1030 g/mol. The van der Waals surface area contributed by atoms with E-state index in [2.05, 4.69) is 31.3 Å². The lowest BCUT2D eigenvalue weighted by Gasteiger charge is -2.20. The van der Waals surface area contributed by atoms with Crippen LogP contribution in [0.5, 0.6) is 0 Å². The van der Waals surface area contributed by atoms with Gasteiger partial charge in [0.2, 0.25) is 5.91 Å². The van der Waals surface area contributed by atoms with Gasteiger partial charge in [0.1, 0.15) is 0 Å². The minimum absolute atomic E-state index is 0.00826. The molecule has 73 heavy (non-hydrogen) atoms. The van der Waals surface area contributed by atoms with Crippen LogP contribution in [0, 0.1) is 0 Å². The number of aliphatic hydroxyl groups excluding tert-OH is 2. The van der Waals surface area contributed by atoms with Gasteiger partial charge in [-0.2, -0.15) is 0 Å². The number of allylic oxidation sites excluding steroid dienone is 3. The minimum atomic E-state index is -0.851. The number of hydrogen-bond acceptors (Lipinski definition) is 5. The molecule has 0 saturated carbocycles. The van der Waals surface area contributed by atoms with Crippen molar-refractivity contribution in [3.05, 3.63) is 24.3 Å². The van der Waals surface area contributed by atoms with Crippen LogP contribution in [0.2, 0.25) is 0 Å². The van der Waals surface area contributed by atoms with Gasteiger partial charge in [0, 0.05) is 12.8 Å². The third kappa shape index (κ3) is 59.4. The van der Waals surface area contributed by atoms with Gasteiger partial charge in [-0.25, -0.2) is 0 Å². The number of carbonyl (C=O) groups excluding carboxylic acids is 2. The van der Waals surface area contributed by atoms with E-state index in [-0.39, 0.29) is 18.5 Å². The highest BCUT2D eigenvalue weighted by Gasteiger charge is 2.18. The molecule has 0 rings (SSSR count). The van der Waals surface area contributed by atoms with Crippen LogP contribution in [0.4, 0.5) is 0 Å². The third-order valence-corrected chi connectivity index (χ3v) is 15.5. The number of esters is 1. The molecule has 0 spiro atoms. The standard InChI is InChI=1S/C67H129NO5/c1-3-5-7-9-11-13-15-17-19-21-24-27-31-35-39-43-47-51-55-59-65(70)64(63-69)68-66(71)60-56-52-48-44-40-36-32-28-25-23-26-30-34-38-42-46-50-54-58-62-73-67(72)61-57-53-49-45-41-37-33-29-22-20-18-16-14-12-10-8-6-4-2/h23,25,55,59,64-65,69-70H,3-22,24,26-54,56-58,60-63H2,1-2H3,(H,68,71)/b25-23-,59-55+. The van der Waals surface area contributed by atoms with Gasteiger partial charge in [-0.15, -0.1) is 0 Å². The van der Waals surface area contributed by atoms with Crippen molar-refractivity contribution in [1.29, 1.82) is 0 Å². The molecule has 0 aliphatic heterocycles. The number of hydrogen-bond donors (Lipinski definition) is 3. The van der Waals surface area contributed by atoms with Gasteiger partial charge in [0.15, 0.2) is 0 Å². The Bertz CT molecular complexity index is 1140. The van der Waals surface area contributed by atoms with Crippen molar-refractivity contribution in [1.82, 2.24) is 5.32 Å². The molecular weight excluding hydrogens is 899 g/mol. The predicted molar refractivity (Wildman–Crippen MR) is 320 cm³/mol. The van der Waals surface area contributed by atoms with Crippen LogP contribution in [0.25, 0.3) is 0 Å². The van der Waals surface area contributed by atoms with Crippen LogP contribution >= 0.6 is 0 Å². The zero-order chi connectivity index (χ0) is 52.9. The van der Waals surface area contributed by atoms with Crippen molar-refractivity contribution in [3.8, 4) is 0 Å². The van der Waals surface area contributed by atoms with E-state index in [0.717, 1.165) is 44.9 Å². The fraction of sp³-hybridized carbons (Fsp3) is 0.910. The van der Waals surface area contributed by atoms with Crippen molar-refractivity contribution in [2.45, 2.75) is 379 Å². The number of ether oxygens (including phenoxy) is 1. The average molecular weight is 1030 g/mol. The summed E-state index contributed by atoms with van der Waals surface area (Å²) in [6.07, 6.45) is 78.0. The molecule has 0 aromatic carbocycles. The Labute approximate surface area is 456 Å². The quantitative estimate of drug-likeness (QED) is 0.0320. The van der Waals surface area contributed by atoms with E-state index in [1.807, 2.05) is 6.08 Å². The van der Waals surface area contributed by atoms with Gasteiger partial charge in [-0.05, 0) is 57.8 Å². The predicted octanol–water partition coefficient (Wildman–Crippen LogP) is 21.0. The number of unbranched alkanes of at least 4 members (excludes halogenated alkanes) is 49. The molecule has 0 aliphatic rings. The SMILES string of the molecule is CCCCCCCCCCCCCCCCCCC/C=C/C(O)C(CO)NC(=O)CCCCCCCCC/C=C\CCCCCCCCCCOC(=O)CCCCCCCCCCCCCCCCCCCC. The number of carbonyl (C=O) groups is 2. The third-order valence-electron chi connectivity index (χ3n) is 15.5. The second kappa shape index (κ2) is 62.9. The maximum Gasteiger partial charge on any atom is 0.305 e. The van der Waals surface area contributed by atoms with Gasteiger partial charge < -0.3 is 20.3 Å². The minimum Gasteiger partial charge on any atom is -0.466 e. The summed E-state index contributed by atoms with van der Waals surface area (Å²) in [5.41, 5.74) is 0. The molecule has 6 nitrogen and oxygen atoms in total. The molecule has 0 radical (unpaired) electrons. The molecule has 0 fully saturated rings. The lowest BCUT2D eigenvalue weighted by Crippen LogP contribution is -2.45. The van der Waals surface area contributed by atoms with Gasteiger partial charge in [-0.3, -0.25) is 9.59 Å². The zero-order valence-electron chi connectivity index (χ0n) is 49.4. The smallest absolute Gasteiger partial charge is 0.305 e. The number of aliphatic hydroxyl groups is 2. The molecule has 1 amide bonds. The summed E-state index contributed by atoms with van der Waals surface area (Å²) < 4.78 is 5.50. The van der Waals surface area contributed by atoms with E-state index in [4.69, 9.17) is 4.74 Å². The summed E-state index contributed by atoms with van der Waals surface area (Å²) in [5.74, 6) is -0.0662. The van der Waals surface area contributed by atoms with E-state index in [0.29, 0.717) is 19.4 Å². The van der Waals surface area contributed by atoms with E-state index < -0.39 is 12.1 Å². The largest absolute Gasteiger partial charge is 0.466 e. The van der Waals surface area contributed by atoms with Crippen LogP contribution < -0.4 is 5.32 Å². The molecule has 432 valence electrons. The van der Waals surface area contributed by atoms with Crippen molar-refractivity contribution < 1.29 is 24.5 Å². The Morgan fingerprint density at radius 1 is 0.370 bits per heavy atom. The summed E-state index contributed by atoms with van der Waals surface area (Å²) in [5, 5.41) is 23.2. The van der Waals surface area contributed by atoms with Gasteiger partial charge in [0.05, 0.1) is 25.4 Å². The Morgan fingerprint density at radius 2 is 0.644 bits per heavy atom. The first-order valence-corrected chi connectivity index (χ1v) is 33.1. The van der Waals surface area contributed by atoms with E-state index in [1.54, 1.807) is 6.08 Å². The summed E-state index contributed by atoms with van der Waals surface area (Å²) >= 11 is 0. The fourth-order valence-corrected chi connectivity index (χ4v) is 10.4. The average Bonchev–Trinajstić information content (AvgIpc) is 3.39. The lowest BCUT2D eigenvalue weighted by atomic mass is 10.0. The molecule has 0 aromatic rings. The summed E-state index contributed by atoms with van der Waals surface area (Å²) in [7, 11) is 0. The second-order valence-corrected chi connectivity index (χ2v) is 22.8. The van der Waals surface area contributed by atoms with Gasteiger partial charge >= 0.3 is 5.97 Å². The summed E-state index contributed by atoms with van der Waals surface area (Å²) in [6, 6.07) is -0.635. The Morgan fingerprint density at radius 3 is 0.973 bits per heavy atom. The molecule has 0 heterocycles. The first-order chi connectivity index (χ1) is 36.0. The summed E-state index contributed by atoms with van der Waals surface area (Å²) in [6.45, 7) is 4.93. The van der Waals surface area contributed by atoms with E-state index in [9.17, 15) is 19.8 Å². The zero-order valence-corrected chi connectivity index (χ0v) is 49.4. The van der Waals surface area contributed by atoms with Crippen LogP contribution in [0.1, 0.15) is 367 Å². The van der Waals surface area contributed by atoms with E-state index in [1.165, 1.54) is 295 Å². The van der Waals surface area contributed by atoms with Crippen LogP contribution in [-0.2, 0) is 14.3 Å². The molecule has 0 bridgehead atoms. The van der Waals surface area contributed by atoms with Crippen LogP contribution in [-0.4, -0.2) is 47.4 Å². The molecule has 0 aliphatic carbocycles. The number of rotatable bonds is 62. The first-order valence-electron chi connectivity index (χ1n) is 33.1. The van der Waals surface area contributed by atoms with Crippen molar-refractivity contribution >= 4 is 11.9 Å². The highest BCUT2D eigenvalue weighted by molar-refractivity contribution is 5.76. The molecule has 2 atom stereocenters. The molecule has 3 N–H and O–H groups in total. The Balaban J connectivity index is 3.44. The normalized spacial score (nSPS) is 12.7. The van der Waals surface area contributed by atoms with E-state index >= 15 is 0 Å². The number of nitrogens with one attached hydrogen (secondary N) is 1. The van der Waals surface area contributed by atoms with Crippen molar-refractivity contribution in [2.24, 2.45) is 0 Å². The summed E-state index contributed by atoms with van der Waals surface area (Å²) in [4.78, 5) is 24.6. The first kappa shape index (κ1) is 71.3. The number of amides is 1. The Kier molecular flexibility index (Phi) is 61.4. The van der Waals surface area contributed by atoms with Crippen LogP contribution in [0.15, 0.2) is 24.3 Å². The molecular formula is C67H129NO5. The maximum atomic E-state index is 12.5. The Hall–Kier alpha value is -1.66. The highest BCUT2D eigenvalue weighted by Crippen LogP contribution is 2.18. The molecule has 6 heteroatoms. The second-order valence-electron chi connectivity index (χ2n) is 22.8. The topological polar surface area (TPSA) is 95.9 Å². The molecule has 2 unspecified atom stereocenters. The lowest BCUT2D eigenvalue weighted by molar-refractivity contribution is -0.143. The maximum absolute atomic E-state index is 12.5. The van der Waals surface area contributed by atoms with Crippen LogP contribution in [0.3, 0.4) is 0 Å². The highest BCUT2D eigenvalue weighted by atomic mass is 16.5. The molecule has 0 saturated heterocycles. The van der Waals surface area contributed by atoms with Gasteiger partial charge in [0.25, 0.3) is 0 Å².